The van der Waals surface area contributed by atoms with Gasteiger partial charge in [-0.1, -0.05) is 12.1 Å². The zero-order valence-electron chi connectivity index (χ0n) is 16.6. The third-order valence-electron chi connectivity index (χ3n) is 4.89. The number of nitrogens with zero attached hydrogens (tertiary/aromatic N) is 3. The summed E-state index contributed by atoms with van der Waals surface area (Å²) in [5, 5.41) is 16.0. The molecule has 28 heavy (non-hydrogen) atoms. The smallest absolute Gasteiger partial charge is 0.234 e. The molecular formula is C20H32IN5O2. The van der Waals surface area contributed by atoms with Crippen LogP contribution in [-0.2, 0) is 11.2 Å². The van der Waals surface area contributed by atoms with Crippen molar-refractivity contribution in [3.63, 3.8) is 0 Å². The Labute approximate surface area is 184 Å². The maximum atomic E-state index is 12.0. The molecule has 1 aromatic carbocycles. The molecule has 1 heterocycles. The molecule has 2 fully saturated rings. The van der Waals surface area contributed by atoms with Crippen LogP contribution < -0.4 is 10.6 Å². The van der Waals surface area contributed by atoms with E-state index in [1.807, 2.05) is 12.1 Å². The summed E-state index contributed by atoms with van der Waals surface area (Å²) in [6.45, 7) is 7.55. The first-order valence-corrected chi connectivity index (χ1v) is 9.97. The summed E-state index contributed by atoms with van der Waals surface area (Å²) in [5.41, 5.74) is 1.08. The largest absolute Gasteiger partial charge is 0.508 e. The van der Waals surface area contributed by atoms with Crippen LogP contribution in [0.15, 0.2) is 29.3 Å². The number of phenols is 1. The summed E-state index contributed by atoms with van der Waals surface area (Å²) in [6.07, 6.45) is 3.06. The Bertz CT molecular complexity index is 658. The Hall–Kier alpha value is -1.55. The first kappa shape index (κ1) is 22.7. The monoisotopic (exact) mass is 501 g/mol. The minimum atomic E-state index is 0. The molecule has 1 saturated carbocycles. The van der Waals surface area contributed by atoms with Crippen molar-refractivity contribution in [3.8, 4) is 5.75 Å². The number of carbonyl (C=O) groups is 1. The molecule has 0 unspecified atom stereocenters. The second-order valence-electron chi connectivity index (χ2n) is 7.26. The highest BCUT2D eigenvalue weighted by Gasteiger charge is 2.25. The number of guanidine groups is 1. The molecule has 1 aliphatic heterocycles. The molecular weight excluding hydrogens is 469 g/mol. The van der Waals surface area contributed by atoms with Crippen molar-refractivity contribution in [2.24, 2.45) is 4.99 Å². The van der Waals surface area contributed by atoms with E-state index in [0.29, 0.717) is 24.9 Å². The van der Waals surface area contributed by atoms with Gasteiger partial charge in [0.25, 0.3) is 0 Å². The molecule has 3 N–H and O–H groups in total. The number of nitrogens with one attached hydrogen (secondary N) is 2. The van der Waals surface area contributed by atoms with Crippen LogP contribution >= 0.6 is 24.0 Å². The van der Waals surface area contributed by atoms with Gasteiger partial charge in [-0.2, -0.15) is 0 Å². The lowest BCUT2D eigenvalue weighted by Crippen LogP contribution is -2.54. The van der Waals surface area contributed by atoms with Gasteiger partial charge in [-0.15, -0.1) is 24.0 Å². The third-order valence-corrected chi connectivity index (χ3v) is 4.89. The number of rotatable bonds is 7. The average molecular weight is 501 g/mol. The van der Waals surface area contributed by atoms with Crippen LogP contribution in [-0.4, -0.2) is 78.6 Å². The average Bonchev–Trinajstić information content (AvgIpc) is 3.46. The number of hydrogen-bond donors (Lipinski definition) is 3. The van der Waals surface area contributed by atoms with E-state index in [4.69, 9.17) is 4.99 Å². The molecule has 1 amide bonds. The van der Waals surface area contributed by atoms with Gasteiger partial charge in [0, 0.05) is 45.3 Å². The number of hydrogen-bond acceptors (Lipinski definition) is 4. The molecule has 1 aromatic rings. The SMILES string of the molecule is CCNC(=NCCc1cccc(O)c1)N1CCN(CC(=O)NC2CC2)CC1.I. The molecule has 2 aliphatic rings. The lowest BCUT2D eigenvalue weighted by Gasteiger charge is -2.36. The Kier molecular flexibility index (Phi) is 9.30. The molecule has 8 heteroatoms. The maximum Gasteiger partial charge on any atom is 0.234 e. The summed E-state index contributed by atoms with van der Waals surface area (Å²) in [5.74, 6) is 1.38. The van der Waals surface area contributed by atoms with Crippen LogP contribution in [0, 0.1) is 0 Å². The number of aliphatic imine (C=N–C) groups is 1. The topological polar surface area (TPSA) is 80.2 Å². The number of benzene rings is 1. The predicted octanol–water partition coefficient (Wildman–Crippen LogP) is 1.41. The highest BCUT2D eigenvalue weighted by Crippen LogP contribution is 2.18. The molecule has 1 saturated heterocycles. The number of carbonyl (C=O) groups excluding carboxylic acids is 1. The van der Waals surface area contributed by atoms with Gasteiger partial charge in [0.2, 0.25) is 5.91 Å². The van der Waals surface area contributed by atoms with Gasteiger partial charge in [0.15, 0.2) is 5.96 Å². The molecule has 0 aromatic heterocycles. The van der Waals surface area contributed by atoms with Crippen molar-refractivity contribution in [2.75, 3.05) is 45.8 Å². The van der Waals surface area contributed by atoms with Gasteiger partial charge in [-0.3, -0.25) is 14.7 Å². The Morgan fingerprint density at radius 1 is 1.25 bits per heavy atom. The standard InChI is InChI=1S/C20H31N5O2.HI/c1-2-21-20(22-9-8-16-4-3-5-18(26)14-16)25-12-10-24(11-13-25)15-19(27)23-17-6-7-17;/h3-5,14,17,26H,2,6-13,15H2,1H3,(H,21,22)(H,23,27);1H. The van der Waals surface area contributed by atoms with Gasteiger partial charge < -0.3 is 20.6 Å². The summed E-state index contributed by atoms with van der Waals surface area (Å²) >= 11 is 0. The number of aromatic hydroxyl groups is 1. The van der Waals surface area contributed by atoms with E-state index in [9.17, 15) is 9.90 Å². The van der Waals surface area contributed by atoms with Crippen molar-refractivity contribution in [2.45, 2.75) is 32.2 Å². The Morgan fingerprint density at radius 2 is 2.00 bits per heavy atom. The van der Waals surface area contributed by atoms with Crippen LogP contribution in [0.4, 0.5) is 0 Å². The number of halogens is 1. The minimum Gasteiger partial charge on any atom is -0.508 e. The van der Waals surface area contributed by atoms with E-state index in [-0.39, 0.29) is 29.9 Å². The number of phenolic OH excluding ortho intramolecular Hbond substituents is 1. The normalized spacial score (nSPS) is 17.8. The molecule has 0 atom stereocenters. The van der Waals surface area contributed by atoms with Gasteiger partial charge >= 0.3 is 0 Å². The van der Waals surface area contributed by atoms with Crippen molar-refractivity contribution in [1.29, 1.82) is 0 Å². The van der Waals surface area contributed by atoms with Crippen LogP contribution in [0.1, 0.15) is 25.3 Å². The third kappa shape index (κ3) is 7.46. The fraction of sp³-hybridized carbons (Fsp3) is 0.600. The van der Waals surface area contributed by atoms with E-state index in [0.717, 1.165) is 63.5 Å². The minimum absolute atomic E-state index is 0. The first-order chi connectivity index (χ1) is 13.1. The second kappa shape index (κ2) is 11.5. The van der Waals surface area contributed by atoms with Crippen molar-refractivity contribution in [1.82, 2.24) is 20.4 Å². The van der Waals surface area contributed by atoms with Gasteiger partial charge in [-0.25, -0.2) is 0 Å². The maximum absolute atomic E-state index is 12.0. The molecule has 7 nitrogen and oxygen atoms in total. The lowest BCUT2D eigenvalue weighted by molar-refractivity contribution is -0.122. The number of amides is 1. The van der Waals surface area contributed by atoms with Crippen LogP contribution in [0.5, 0.6) is 5.75 Å². The van der Waals surface area contributed by atoms with E-state index >= 15 is 0 Å². The summed E-state index contributed by atoms with van der Waals surface area (Å²) in [4.78, 5) is 21.2. The van der Waals surface area contributed by atoms with Gasteiger partial charge in [0.1, 0.15) is 5.75 Å². The van der Waals surface area contributed by atoms with Gasteiger partial charge in [0.05, 0.1) is 6.54 Å². The highest BCUT2D eigenvalue weighted by molar-refractivity contribution is 14.0. The zero-order chi connectivity index (χ0) is 19.1. The molecule has 156 valence electrons. The summed E-state index contributed by atoms with van der Waals surface area (Å²) < 4.78 is 0. The summed E-state index contributed by atoms with van der Waals surface area (Å²) in [6, 6.07) is 7.76. The second-order valence-corrected chi connectivity index (χ2v) is 7.26. The predicted molar refractivity (Wildman–Crippen MR) is 122 cm³/mol. The fourth-order valence-electron chi connectivity index (χ4n) is 3.25. The van der Waals surface area contributed by atoms with E-state index in [1.54, 1.807) is 12.1 Å². The molecule has 1 aliphatic carbocycles. The van der Waals surface area contributed by atoms with E-state index < -0.39 is 0 Å². The quantitative estimate of drug-likeness (QED) is 0.299. The van der Waals surface area contributed by atoms with Crippen LogP contribution in [0.25, 0.3) is 0 Å². The van der Waals surface area contributed by atoms with E-state index in [1.165, 1.54) is 0 Å². The van der Waals surface area contributed by atoms with Gasteiger partial charge in [-0.05, 0) is 43.9 Å². The zero-order valence-corrected chi connectivity index (χ0v) is 18.9. The molecule has 0 radical (unpaired) electrons. The van der Waals surface area contributed by atoms with Crippen LogP contribution in [0.2, 0.25) is 0 Å². The van der Waals surface area contributed by atoms with Crippen molar-refractivity contribution < 1.29 is 9.90 Å². The summed E-state index contributed by atoms with van der Waals surface area (Å²) in [7, 11) is 0. The first-order valence-electron chi connectivity index (χ1n) is 9.97. The Morgan fingerprint density at radius 3 is 2.64 bits per heavy atom. The Balaban J connectivity index is 0.00000280. The van der Waals surface area contributed by atoms with Crippen molar-refractivity contribution in [3.05, 3.63) is 29.8 Å². The lowest BCUT2D eigenvalue weighted by atomic mass is 10.1. The van der Waals surface area contributed by atoms with Crippen molar-refractivity contribution >= 4 is 35.8 Å². The van der Waals surface area contributed by atoms with Crippen LogP contribution in [0.3, 0.4) is 0 Å². The molecule has 0 spiro atoms. The molecule has 0 bridgehead atoms. The highest BCUT2D eigenvalue weighted by atomic mass is 127. The molecule has 3 rings (SSSR count). The number of piperazine rings is 1. The fourth-order valence-corrected chi connectivity index (χ4v) is 3.25. The van der Waals surface area contributed by atoms with E-state index in [2.05, 4.69) is 27.4 Å².